The number of benzene rings is 1. The second-order valence-corrected chi connectivity index (χ2v) is 5.78. The molecule has 1 N–H and O–H groups in total. The van der Waals surface area contributed by atoms with Crippen LogP contribution in [-0.2, 0) is 0 Å². The first-order chi connectivity index (χ1) is 10.2. The van der Waals surface area contributed by atoms with Crippen molar-refractivity contribution < 1.29 is 9.47 Å². The Hall–Kier alpha value is -1.95. The molecule has 1 aliphatic heterocycles. The van der Waals surface area contributed by atoms with E-state index in [9.17, 15) is 0 Å². The maximum absolute atomic E-state index is 5.71. The maximum Gasteiger partial charge on any atom is 0.223 e. The van der Waals surface area contributed by atoms with Crippen molar-refractivity contribution in [2.45, 2.75) is 23.3 Å². The summed E-state index contributed by atoms with van der Waals surface area (Å²) in [5.41, 5.74) is 0.936. The molecular formula is C15H17N3O2S. The lowest BCUT2D eigenvalue weighted by molar-refractivity contribution is 0.297. The van der Waals surface area contributed by atoms with Crippen molar-refractivity contribution in [3.8, 4) is 11.5 Å². The van der Waals surface area contributed by atoms with Crippen LogP contribution < -0.4 is 14.8 Å². The van der Waals surface area contributed by atoms with E-state index in [0.717, 1.165) is 33.5 Å². The van der Waals surface area contributed by atoms with Crippen molar-refractivity contribution in [1.82, 2.24) is 9.97 Å². The molecule has 0 spiro atoms. The van der Waals surface area contributed by atoms with Gasteiger partial charge in [-0.05, 0) is 31.2 Å². The smallest absolute Gasteiger partial charge is 0.223 e. The second-order valence-electron chi connectivity index (χ2n) is 4.68. The summed E-state index contributed by atoms with van der Waals surface area (Å²) in [6.07, 6.45) is 0.911. The van der Waals surface area contributed by atoms with Crippen molar-refractivity contribution >= 4 is 17.7 Å². The summed E-state index contributed by atoms with van der Waals surface area (Å²) in [4.78, 5) is 9.81. The molecule has 1 aromatic carbocycles. The summed E-state index contributed by atoms with van der Waals surface area (Å²) in [6.45, 7) is 3.36. The lowest BCUT2D eigenvalue weighted by Crippen LogP contribution is -1.98. The van der Waals surface area contributed by atoms with E-state index < -0.39 is 0 Å². The van der Waals surface area contributed by atoms with E-state index in [1.165, 1.54) is 0 Å². The van der Waals surface area contributed by atoms with Crippen LogP contribution in [0.25, 0.3) is 0 Å². The zero-order valence-electron chi connectivity index (χ0n) is 12.0. The zero-order chi connectivity index (χ0) is 14.7. The van der Waals surface area contributed by atoms with E-state index >= 15 is 0 Å². The van der Waals surface area contributed by atoms with Crippen molar-refractivity contribution in [3.63, 3.8) is 0 Å². The average molecular weight is 303 g/mol. The number of rotatable bonds is 3. The fourth-order valence-electron chi connectivity index (χ4n) is 2.03. The topological polar surface area (TPSA) is 56.3 Å². The normalized spacial score (nSPS) is 13.6. The summed E-state index contributed by atoms with van der Waals surface area (Å²) in [7, 11) is 1.82. The Morgan fingerprint density at radius 2 is 1.90 bits per heavy atom. The molecule has 110 valence electrons. The van der Waals surface area contributed by atoms with Gasteiger partial charge in [0.15, 0.2) is 11.5 Å². The molecule has 0 saturated carbocycles. The Kier molecular flexibility index (Phi) is 4.15. The van der Waals surface area contributed by atoms with Crippen LogP contribution >= 0.6 is 11.8 Å². The second kappa shape index (κ2) is 6.22. The molecule has 1 aliphatic rings. The van der Waals surface area contributed by atoms with E-state index in [-0.39, 0.29) is 0 Å². The summed E-state index contributed by atoms with van der Waals surface area (Å²) in [5.74, 6) is 2.25. The minimum Gasteiger partial charge on any atom is -0.490 e. The first-order valence-electron chi connectivity index (χ1n) is 6.85. The number of hydrogen-bond donors (Lipinski definition) is 1. The lowest BCUT2D eigenvalue weighted by Gasteiger charge is -2.09. The van der Waals surface area contributed by atoms with Crippen LogP contribution in [0.5, 0.6) is 11.5 Å². The number of fused-ring (bicyclic) bond motifs is 1. The van der Waals surface area contributed by atoms with Crippen LogP contribution in [0.15, 0.2) is 34.2 Å². The molecule has 0 saturated heterocycles. The third kappa shape index (κ3) is 3.39. The quantitative estimate of drug-likeness (QED) is 0.879. The van der Waals surface area contributed by atoms with Gasteiger partial charge >= 0.3 is 0 Å². The highest BCUT2D eigenvalue weighted by Crippen LogP contribution is 2.36. The fraction of sp³-hybridized carbons (Fsp3) is 0.333. The number of anilines is 1. The van der Waals surface area contributed by atoms with E-state index in [1.807, 2.05) is 38.2 Å². The summed E-state index contributed by atoms with van der Waals surface area (Å²) < 4.78 is 11.4. The van der Waals surface area contributed by atoms with Crippen molar-refractivity contribution in [1.29, 1.82) is 0 Å². The van der Waals surface area contributed by atoms with Crippen molar-refractivity contribution in [3.05, 3.63) is 30.0 Å². The molecule has 0 atom stereocenters. The molecule has 2 aromatic rings. The van der Waals surface area contributed by atoms with Gasteiger partial charge in [0, 0.05) is 24.1 Å². The predicted octanol–water partition coefficient (Wildman–Crippen LogP) is 3.14. The highest BCUT2D eigenvalue weighted by atomic mass is 32.2. The van der Waals surface area contributed by atoms with Gasteiger partial charge in [0.1, 0.15) is 5.03 Å². The van der Waals surface area contributed by atoms with E-state index in [0.29, 0.717) is 19.2 Å². The number of ether oxygens (including phenoxy) is 2. The van der Waals surface area contributed by atoms with Crippen molar-refractivity contribution in [2.75, 3.05) is 25.6 Å². The minimum atomic E-state index is 0.631. The molecule has 6 heteroatoms. The van der Waals surface area contributed by atoms with Crippen molar-refractivity contribution in [2.24, 2.45) is 0 Å². The standard InChI is InChI=1S/C15H17N3O2S/c1-10-8-14(18-15(16-2)17-10)21-11-4-5-12-13(9-11)20-7-3-6-19-12/h4-5,8-9H,3,6-7H2,1-2H3,(H,16,17,18). The summed E-state index contributed by atoms with van der Waals surface area (Å²) in [6, 6.07) is 7.95. The first-order valence-corrected chi connectivity index (χ1v) is 7.67. The average Bonchev–Trinajstić information content (AvgIpc) is 2.71. The largest absolute Gasteiger partial charge is 0.490 e. The monoisotopic (exact) mass is 303 g/mol. The van der Waals surface area contributed by atoms with Gasteiger partial charge in [-0.25, -0.2) is 9.97 Å². The molecular weight excluding hydrogens is 286 g/mol. The zero-order valence-corrected chi connectivity index (χ0v) is 12.9. The van der Waals surface area contributed by atoms with Crippen LogP contribution in [-0.4, -0.2) is 30.2 Å². The third-order valence-electron chi connectivity index (χ3n) is 3.00. The van der Waals surface area contributed by atoms with Gasteiger partial charge in [0.2, 0.25) is 5.95 Å². The summed E-state index contributed by atoms with van der Waals surface area (Å²) >= 11 is 1.58. The van der Waals surface area contributed by atoms with Gasteiger partial charge in [-0.3, -0.25) is 0 Å². The molecule has 0 aliphatic carbocycles. The number of aryl methyl sites for hydroxylation is 1. The number of nitrogens with zero attached hydrogens (tertiary/aromatic N) is 2. The molecule has 21 heavy (non-hydrogen) atoms. The Labute approximate surface area is 128 Å². The molecule has 2 heterocycles. The van der Waals surface area contributed by atoms with Gasteiger partial charge in [0.05, 0.1) is 13.2 Å². The highest BCUT2D eigenvalue weighted by molar-refractivity contribution is 7.99. The van der Waals surface area contributed by atoms with E-state index in [1.54, 1.807) is 11.8 Å². The first kappa shape index (κ1) is 14.0. The van der Waals surface area contributed by atoms with Gasteiger partial charge in [-0.2, -0.15) is 0 Å². The molecule has 3 rings (SSSR count). The molecule has 1 aromatic heterocycles. The SMILES string of the molecule is CNc1nc(C)cc(Sc2ccc3c(c2)OCCCO3)n1. The van der Waals surface area contributed by atoms with Gasteiger partial charge < -0.3 is 14.8 Å². The molecule has 5 nitrogen and oxygen atoms in total. The van der Waals surface area contributed by atoms with Crippen LogP contribution in [0.4, 0.5) is 5.95 Å². The van der Waals surface area contributed by atoms with Gasteiger partial charge in [-0.1, -0.05) is 11.8 Å². The maximum atomic E-state index is 5.71. The number of nitrogens with one attached hydrogen (secondary N) is 1. The number of aromatic nitrogens is 2. The number of hydrogen-bond acceptors (Lipinski definition) is 6. The lowest BCUT2D eigenvalue weighted by atomic mass is 10.3. The molecule has 0 amide bonds. The third-order valence-corrected chi connectivity index (χ3v) is 3.90. The predicted molar refractivity (Wildman–Crippen MR) is 82.5 cm³/mol. The van der Waals surface area contributed by atoms with Gasteiger partial charge in [0.25, 0.3) is 0 Å². The molecule has 0 radical (unpaired) electrons. The van der Waals surface area contributed by atoms with Gasteiger partial charge in [-0.15, -0.1) is 0 Å². The fourth-order valence-corrected chi connectivity index (χ4v) is 2.94. The van der Waals surface area contributed by atoms with E-state index in [2.05, 4.69) is 15.3 Å². The van der Waals surface area contributed by atoms with Crippen LogP contribution in [0.2, 0.25) is 0 Å². The van der Waals surface area contributed by atoms with Crippen LogP contribution in [0.3, 0.4) is 0 Å². The van der Waals surface area contributed by atoms with Crippen LogP contribution in [0.1, 0.15) is 12.1 Å². The molecule has 0 bridgehead atoms. The highest BCUT2D eigenvalue weighted by Gasteiger charge is 2.12. The van der Waals surface area contributed by atoms with Crippen LogP contribution in [0, 0.1) is 6.92 Å². The Morgan fingerprint density at radius 1 is 1.10 bits per heavy atom. The Bertz CT molecular complexity index is 649. The molecule has 0 unspecified atom stereocenters. The Balaban J connectivity index is 1.85. The summed E-state index contributed by atoms with van der Waals surface area (Å²) in [5, 5.41) is 3.88. The molecule has 0 fully saturated rings. The van der Waals surface area contributed by atoms with E-state index in [4.69, 9.17) is 9.47 Å². The minimum absolute atomic E-state index is 0.631. The Morgan fingerprint density at radius 3 is 2.71 bits per heavy atom.